The molecule has 0 spiro atoms. The predicted octanol–water partition coefficient (Wildman–Crippen LogP) is 3.63. The number of carbonyl (C=O) groups is 1. The molecule has 1 aliphatic heterocycles. The van der Waals surface area contributed by atoms with Crippen LogP contribution in [0.15, 0.2) is 35.3 Å². The normalized spacial score (nSPS) is 15.9. The summed E-state index contributed by atoms with van der Waals surface area (Å²) in [7, 11) is 0. The zero-order valence-corrected chi connectivity index (χ0v) is 15.4. The van der Waals surface area contributed by atoms with Gasteiger partial charge in [-0.05, 0) is 36.3 Å². The number of H-pyrrole nitrogens is 1. The Morgan fingerprint density at radius 3 is 2.69 bits per heavy atom. The highest BCUT2D eigenvalue weighted by molar-refractivity contribution is 6.30. The van der Waals surface area contributed by atoms with Gasteiger partial charge in [0.2, 0.25) is 5.91 Å². The van der Waals surface area contributed by atoms with Gasteiger partial charge in [-0.2, -0.15) is 0 Å². The van der Waals surface area contributed by atoms with Gasteiger partial charge >= 0.3 is 0 Å². The Hall–Kier alpha value is -2.75. The van der Waals surface area contributed by atoms with E-state index in [4.69, 9.17) is 11.6 Å². The number of aromatic nitrogens is 1. The fourth-order valence-electron chi connectivity index (χ4n) is 2.23. The van der Waals surface area contributed by atoms with E-state index in [9.17, 15) is 9.90 Å². The number of hydrogen-bond acceptors (Lipinski definition) is 4. The van der Waals surface area contributed by atoms with Crippen LogP contribution in [0.3, 0.4) is 0 Å². The lowest BCUT2D eigenvalue weighted by molar-refractivity contribution is -0.123. The van der Waals surface area contributed by atoms with Crippen molar-refractivity contribution >= 4 is 35.5 Å². The van der Waals surface area contributed by atoms with Gasteiger partial charge in [-0.25, -0.2) is 4.99 Å². The number of aliphatic hydroxyl groups excluding tert-OH is 1. The monoisotopic (exact) mass is 370 g/mol. The number of benzene rings is 1. The molecular weight excluding hydrogens is 352 g/mol. The van der Waals surface area contributed by atoms with E-state index in [1.165, 1.54) is 11.2 Å². The second-order valence-electron chi connectivity index (χ2n) is 6.96. The molecule has 1 aromatic heterocycles. The second kappa shape index (κ2) is 6.87. The first-order valence-corrected chi connectivity index (χ1v) is 8.44. The average Bonchev–Trinajstić information content (AvgIpc) is 2.98. The van der Waals surface area contributed by atoms with E-state index in [0.717, 1.165) is 5.56 Å². The van der Waals surface area contributed by atoms with Gasteiger partial charge in [0.25, 0.3) is 0 Å². The number of nitrogens with zero attached hydrogens (tertiary/aromatic N) is 2. The SMILES string of the molecule is CC(C)(C)C(=O)Nc1cc2c([nH]1)N=CN(C#Cc1ccc(Cl)cc1)C2O. The molecule has 0 radical (unpaired) electrons. The molecule has 0 aliphatic carbocycles. The molecule has 0 saturated heterocycles. The zero-order chi connectivity index (χ0) is 18.9. The minimum absolute atomic E-state index is 0.131. The fraction of sp³-hybridized carbons (Fsp3) is 0.263. The first-order chi connectivity index (χ1) is 12.2. The van der Waals surface area contributed by atoms with Crippen LogP contribution in [-0.2, 0) is 4.79 Å². The topological polar surface area (TPSA) is 80.7 Å². The summed E-state index contributed by atoms with van der Waals surface area (Å²) in [5.41, 5.74) is 0.791. The van der Waals surface area contributed by atoms with Crippen molar-refractivity contribution in [2.45, 2.75) is 27.0 Å². The summed E-state index contributed by atoms with van der Waals surface area (Å²) < 4.78 is 0. The van der Waals surface area contributed by atoms with Crippen LogP contribution in [0.1, 0.15) is 38.1 Å². The summed E-state index contributed by atoms with van der Waals surface area (Å²) in [5, 5.41) is 14.0. The number of nitrogens with one attached hydrogen (secondary N) is 2. The number of aliphatic hydroxyl groups is 1. The van der Waals surface area contributed by atoms with E-state index in [1.54, 1.807) is 30.3 Å². The van der Waals surface area contributed by atoms with Crippen LogP contribution in [0.5, 0.6) is 0 Å². The number of anilines is 1. The van der Waals surface area contributed by atoms with Gasteiger partial charge < -0.3 is 15.4 Å². The van der Waals surface area contributed by atoms with Crippen LogP contribution in [0.25, 0.3) is 0 Å². The Kier molecular flexibility index (Phi) is 4.77. The van der Waals surface area contributed by atoms with Crippen molar-refractivity contribution in [2.24, 2.45) is 10.4 Å². The Balaban J connectivity index is 1.77. The van der Waals surface area contributed by atoms with Crippen molar-refractivity contribution < 1.29 is 9.90 Å². The molecule has 0 fully saturated rings. The van der Waals surface area contributed by atoms with Crippen molar-refractivity contribution in [1.29, 1.82) is 0 Å². The summed E-state index contributed by atoms with van der Waals surface area (Å²) in [6.45, 7) is 5.48. The van der Waals surface area contributed by atoms with Crippen LogP contribution >= 0.6 is 11.6 Å². The van der Waals surface area contributed by atoms with Gasteiger partial charge in [0.1, 0.15) is 18.0 Å². The van der Waals surface area contributed by atoms with Crippen LogP contribution in [0.4, 0.5) is 11.6 Å². The Morgan fingerprint density at radius 1 is 1.35 bits per heavy atom. The number of fused-ring (bicyclic) bond motifs is 1. The molecule has 2 heterocycles. The second-order valence-corrected chi connectivity index (χ2v) is 7.40. The molecule has 1 amide bonds. The molecule has 1 aliphatic rings. The number of halogens is 1. The molecule has 2 aromatic rings. The van der Waals surface area contributed by atoms with E-state index < -0.39 is 11.6 Å². The highest BCUT2D eigenvalue weighted by atomic mass is 35.5. The van der Waals surface area contributed by atoms with Crippen LogP contribution in [0, 0.1) is 17.4 Å². The van der Waals surface area contributed by atoms with E-state index >= 15 is 0 Å². The molecule has 6 nitrogen and oxygen atoms in total. The first kappa shape index (κ1) is 18.1. The maximum Gasteiger partial charge on any atom is 0.230 e. The van der Waals surface area contributed by atoms with Gasteiger partial charge in [0.05, 0.1) is 0 Å². The van der Waals surface area contributed by atoms with Crippen molar-refractivity contribution in [3.8, 4) is 12.0 Å². The summed E-state index contributed by atoms with van der Waals surface area (Å²) in [4.78, 5) is 20.7. The molecule has 0 bridgehead atoms. The first-order valence-electron chi connectivity index (χ1n) is 8.06. The molecule has 1 aromatic carbocycles. The standard InChI is InChI=1S/C19H19ClN4O2/c1-19(2,3)18(26)23-15-10-14-16(22-15)21-11-24(17(14)25)9-8-12-4-6-13(20)7-5-12/h4-7,10-11,17,22,25H,1-3H3,(H,23,26). The van der Waals surface area contributed by atoms with Gasteiger partial charge in [-0.1, -0.05) is 32.4 Å². The third kappa shape index (κ3) is 3.90. The lowest BCUT2D eigenvalue weighted by atomic mass is 9.96. The molecule has 1 unspecified atom stereocenters. The van der Waals surface area contributed by atoms with Gasteiger partial charge in [-0.15, -0.1) is 0 Å². The number of amides is 1. The Morgan fingerprint density at radius 2 is 2.04 bits per heavy atom. The van der Waals surface area contributed by atoms with E-state index in [1.807, 2.05) is 20.8 Å². The van der Waals surface area contributed by atoms with Crippen LogP contribution in [0.2, 0.25) is 5.02 Å². The van der Waals surface area contributed by atoms with Gasteiger partial charge in [0.15, 0.2) is 6.23 Å². The van der Waals surface area contributed by atoms with Gasteiger partial charge in [-0.3, -0.25) is 9.69 Å². The highest BCUT2D eigenvalue weighted by Crippen LogP contribution is 2.33. The van der Waals surface area contributed by atoms with E-state index in [0.29, 0.717) is 22.2 Å². The molecule has 7 heteroatoms. The van der Waals surface area contributed by atoms with Crippen molar-refractivity contribution in [3.05, 3.63) is 46.5 Å². The number of aliphatic imine (C=N–C) groups is 1. The predicted molar refractivity (Wildman–Crippen MR) is 102 cm³/mol. The maximum atomic E-state index is 12.1. The largest absolute Gasteiger partial charge is 0.368 e. The molecule has 3 N–H and O–H groups in total. The van der Waals surface area contributed by atoms with Gasteiger partial charge in [0, 0.05) is 27.6 Å². The minimum Gasteiger partial charge on any atom is -0.368 e. The van der Waals surface area contributed by atoms with Crippen molar-refractivity contribution in [3.63, 3.8) is 0 Å². The Labute approximate surface area is 156 Å². The summed E-state index contributed by atoms with van der Waals surface area (Å²) >= 11 is 5.85. The molecule has 1 atom stereocenters. The molecule has 134 valence electrons. The fourth-order valence-corrected chi connectivity index (χ4v) is 2.35. The lowest BCUT2D eigenvalue weighted by Gasteiger charge is -2.22. The zero-order valence-electron chi connectivity index (χ0n) is 14.7. The quantitative estimate of drug-likeness (QED) is 0.670. The Bertz CT molecular complexity index is 914. The average molecular weight is 371 g/mol. The highest BCUT2D eigenvalue weighted by Gasteiger charge is 2.26. The number of carbonyl (C=O) groups excluding carboxylic acids is 1. The molecule has 26 heavy (non-hydrogen) atoms. The van der Waals surface area contributed by atoms with E-state index in [2.05, 4.69) is 27.3 Å². The number of hydrogen-bond donors (Lipinski definition) is 3. The number of aromatic amines is 1. The number of rotatable bonds is 1. The third-order valence-corrected chi connectivity index (χ3v) is 4.03. The summed E-state index contributed by atoms with van der Waals surface area (Å²) in [6.07, 6.45) is 0.459. The van der Waals surface area contributed by atoms with Crippen LogP contribution < -0.4 is 5.32 Å². The smallest absolute Gasteiger partial charge is 0.230 e. The van der Waals surface area contributed by atoms with Crippen molar-refractivity contribution in [2.75, 3.05) is 5.32 Å². The summed E-state index contributed by atoms with van der Waals surface area (Å²) in [6, 6.07) is 11.6. The summed E-state index contributed by atoms with van der Waals surface area (Å²) in [5.74, 6) is 3.79. The molecule has 0 saturated carbocycles. The molecule has 3 rings (SSSR count). The molecular formula is C19H19ClN4O2. The minimum atomic E-state index is -0.987. The van der Waals surface area contributed by atoms with Crippen molar-refractivity contribution in [1.82, 2.24) is 9.88 Å². The van der Waals surface area contributed by atoms with Crippen LogP contribution in [-0.4, -0.2) is 27.2 Å². The lowest BCUT2D eigenvalue weighted by Crippen LogP contribution is -2.27. The maximum absolute atomic E-state index is 12.1. The third-order valence-electron chi connectivity index (χ3n) is 3.78. The van der Waals surface area contributed by atoms with E-state index in [-0.39, 0.29) is 5.91 Å².